The predicted octanol–water partition coefficient (Wildman–Crippen LogP) is 3.17. The van der Waals surface area contributed by atoms with Crippen molar-refractivity contribution in [3.63, 3.8) is 0 Å². The Balaban J connectivity index is 1.80. The first-order valence-corrected chi connectivity index (χ1v) is 8.05. The van der Waals surface area contributed by atoms with E-state index in [4.69, 9.17) is 4.74 Å². The van der Waals surface area contributed by atoms with Crippen molar-refractivity contribution in [1.29, 1.82) is 0 Å². The molecule has 1 aromatic carbocycles. The second-order valence-electron chi connectivity index (χ2n) is 5.31. The van der Waals surface area contributed by atoms with Crippen LogP contribution >= 0.6 is 11.8 Å². The van der Waals surface area contributed by atoms with Gasteiger partial charge in [0.05, 0.1) is 0 Å². The number of benzene rings is 1. The highest BCUT2D eigenvalue weighted by Gasteiger charge is 2.26. The van der Waals surface area contributed by atoms with E-state index < -0.39 is 0 Å². The summed E-state index contributed by atoms with van der Waals surface area (Å²) >= 11 is 2.10. The van der Waals surface area contributed by atoms with Gasteiger partial charge in [0.2, 0.25) is 0 Å². The van der Waals surface area contributed by atoms with E-state index in [9.17, 15) is 0 Å². The molecule has 0 aromatic heterocycles. The number of nitrogens with zero attached hydrogens (tertiary/aromatic N) is 1. The summed E-state index contributed by atoms with van der Waals surface area (Å²) in [6.45, 7) is 4.30. The lowest BCUT2D eigenvalue weighted by Crippen LogP contribution is -2.41. The zero-order valence-corrected chi connectivity index (χ0v) is 11.8. The topological polar surface area (TPSA) is 12.5 Å². The van der Waals surface area contributed by atoms with Gasteiger partial charge >= 0.3 is 0 Å². The van der Waals surface area contributed by atoms with Gasteiger partial charge in [0.25, 0.3) is 0 Å². The Bertz CT molecular complexity index is 403. The second kappa shape index (κ2) is 5.54. The van der Waals surface area contributed by atoms with Crippen LogP contribution < -0.4 is 4.74 Å². The maximum absolute atomic E-state index is 6.03. The summed E-state index contributed by atoms with van der Waals surface area (Å²) in [4.78, 5) is 2.64. The fourth-order valence-electron chi connectivity index (χ4n) is 2.95. The molecule has 1 atom stereocenters. The molecular formula is C15H21NOS. The van der Waals surface area contributed by atoms with Gasteiger partial charge in [0.1, 0.15) is 11.9 Å². The second-order valence-corrected chi connectivity index (χ2v) is 6.53. The highest BCUT2D eigenvalue weighted by atomic mass is 32.2. The van der Waals surface area contributed by atoms with Crippen LogP contribution in [0.3, 0.4) is 0 Å². The lowest BCUT2D eigenvalue weighted by molar-refractivity contribution is 0.120. The Kier molecular flexibility index (Phi) is 3.80. The smallest absolute Gasteiger partial charge is 0.124 e. The first-order valence-electron chi connectivity index (χ1n) is 6.89. The number of hydrogen-bond donors (Lipinski definition) is 0. The van der Waals surface area contributed by atoms with Crippen molar-refractivity contribution in [2.45, 2.75) is 38.5 Å². The standard InChI is InChI=1S/C15H21NOS/c1-12-10-16(14-6-8-18-9-7-14)11-13-4-2-3-5-15(13)17-12/h2-5,12,14H,6-11H2,1H3. The van der Waals surface area contributed by atoms with Gasteiger partial charge in [0.15, 0.2) is 0 Å². The van der Waals surface area contributed by atoms with Crippen LogP contribution in [0.25, 0.3) is 0 Å². The molecule has 0 bridgehead atoms. The van der Waals surface area contributed by atoms with Crippen molar-refractivity contribution in [3.05, 3.63) is 29.8 Å². The lowest BCUT2D eigenvalue weighted by atomic mass is 10.1. The van der Waals surface area contributed by atoms with Gasteiger partial charge in [-0.15, -0.1) is 0 Å². The highest BCUT2D eigenvalue weighted by Crippen LogP contribution is 2.29. The monoisotopic (exact) mass is 263 g/mol. The molecule has 1 saturated heterocycles. The summed E-state index contributed by atoms with van der Waals surface area (Å²) in [5.41, 5.74) is 1.35. The number of thioether (sulfide) groups is 1. The predicted molar refractivity (Wildman–Crippen MR) is 77.3 cm³/mol. The van der Waals surface area contributed by atoms with Crippen molar-refractivity contribution in [3.8, 4) is 5.75 Å². The van der Waals surface area contributed by atoms with Gasteiger partial charge in [-0.05, 0) is 37.3 Å². The van der Waals surface area contributed by atoms with Crippen LogP contribution in [0.2, 0.25) is 0 Å². The van der Waals surface area contributed by atoms with Crippen molar-refractivity contribution in [2.75, 3.05) is 18.1 Å². The SMILES string of the molecule is CC1CN(C2CCSCC2)Cc2ccccc2O1. The highest BCUT2D eigenvalue weighted by molar-refractivity contribution is 7.99. The normalized spacial score (nSPS) is 26.2. The zero-order chi connectivity index (χ0) is 12.4. The Morgan fingerprint density at radius 1 is 1.22 bits per heavy atom. The van der Waals surface area contributed by atoms with E-state index in [1.807, 2.05) is 0 Å². The lowest BCUT2D eigenvalue weighted by Gasteiger charge is -2.33. The van der Waals surface area contributed by atoms with Gasteiger partial charge < -0.3 is 4.74 Å². The third-order valence-corrected chi connectivity index (χ3v) is 4.92. The van der Waals surface area contributed by atoms with E-state index in [-0.39, 0.29) is 0 Å². The molecule has 2 nitrogen and oxygen atoms in total. The molecule has 0 saturated carbocycles. The Hall–Kier alpha value is -0.670. The molecule has 0 N–H and O–H groups in total. The maximum atomic E-state index is 6.03. The van der Waals surface area contributed by atoms with E-state index in [1.54, 1.807) is 0 Å². The van der Waals surface area contributed by atoms with E-state index in [1.165, 1.54) is 29.9 Å². The van der Waals surface area contributed by atoms with Crippen LogP contribution in [0.1, 0.15) is 25.3 Å². The molecule has 98 valence electrons. The third-order valence-electron chi connectivity index (χ3n) is 3.87. The molecule has 18 heavy (non-hydrogen) atoms. The van der Waals surface area contributed by atoms with Gasteiger partial charge in [-0.1, -0.05) is 18.2 Å². The summed E-state index contributed by atoms with van der Waals surface area (Å²) in [5.74, 6) is 3.72. The number of rotatable bonds is 1. The largest absolute Gasteiger partial charge is 0.489 e. The molecule has 0 radical (unpaired) electrons. The minimum Gasteiger partial charge on any atom is -0.489 e. The van der Waals surface area contributed by atoms with Crippen molar-refractivity contribution in [1.82, 2.24) is 4.90 Å². The molecule has 2 aliphatic rings. The average molecular weight is 263 g/mol. The Morgan fingerprint density at radius 3 is 2.83 bits per heavy atom. The molecule has 0 aliphatic carbocycles. The molecule has 1 unspecified atom stereocenters. The van der Waals surface area contributed by atoms with Crippen LogP contribution in [0.4, 0.5) is 0 Å². The summed E-state index contributed by atoms with van der Waals surface area (Å²) in [6.07, 6.45) is 2.96. The molecular weight excluding hydrogens is 242 g/mol. The molecule has 3 heteroatoms. The van der Waals surface area contributed by atoms with Gasteiger partial charge in [-0.2, -0.15) is 11.8 Å². The number of para-hydroxylation sites is 1. The van der Waals surface area contributed by atoms with Crippen LogP contribution in [-0.2, 0) is 6.54 Å². The quantitative estimate of drug-likeness (QED) is 0.772. The maximum Gasteiger partial charge on any atom is 0.124 e. The number of ether oxygens (including phenoxy) is 1. The summed E-state index contributed by atoms with van der Waals surface area (Å²) in [6, 6.07) is 9.25. The first kappa shape index (κ1) is 12.4. The molecule has 0 amide bonds. The summed E-state index contributed by atoms with van der Waals surface area (Å²) < 4.78 is 6.03. The molecule has 1 aromatic rings. The van der Waals surface area contributed by atoms with Crippen LogP contribution in [0.5, 0.6) is 5.75 Å². The molecule has 0 spiro atoms. The van der Waals surface area contributed by atoms with Crippen LogP contribution in [-0.4, -0.2) is 35.1 Å². The summed E-state index contributed by atoms with van der Waals surface area (Å²) in [7, 11) is 0. The third kappa shape index (κ3) is 2.67. The molecule has 1 fully saturated rings. The minimum atomic E-state index is 0.295. The zero-order valence-electron chi connectivity index (χ0n) is 11.0. The van der Waals surface area contributed by atoms with E-state index in [0.717, 1.165) is 24.9 Å². The van der Waals surface area contributed by atoms with E-state index >= 15 is 0 Å². The van der Waals surface area contributed by atoms with Crippen LogP contribution in [0, 0.1) is 0 Å². The fourth-order valence-corrected chi connectivity index (χ4v) is 4.03. The van der Waals surface area contributed by atoms with Crippen molar-refractivity contribution < 1.29 is 4.74 Å². The van der Waals surface area contributed by atoms with Crippen LogP contribution in [0.15, 0.2) is 24.3 Å². The van der Waals surface area contributed by atoms with Crippen molar-refractivity contribution >= 4 is 11.8 Å². The van der Waals surface area contributed by atoms with Gasteiger partial charge in [-0.25, -0.2) is 0 Å². The molecule has 3 rings (SSSR count). The Labute approximate surface area is 114 Å². The van der Waals surface area contributed by atoms with E-state index in [0.29, 0.717) is 6.10 Å². The number of fused-ring (bicyclic) bond motifs is 1. The summed E-state index contributed by atoms with van der Waals surface area (Å²) in [5, 5.41) is 0. The molecule has 2 heterocycles. The first-order chi connectivity index (χ1) is 8.83. The van der Waals surface area contributed by atoms with Gasteiger partial charge in [0, 0.05) is 24.7 Å². The Morgan fingerprint density at radius 2 is 2.00 bits per heavy atom. The minimum absolute atomic E-state index is 0.295. The van der Waals surface area contributed by atoms with E-state index in [2.05, 4.69) is 47.9 Å². The average Bonchev–Trinajstić information content (AvgIpc) is 2.57. The fraction of sp³-hybridized carbons (Fsp3) is 0.600. The molecule has 2 aliphatic heterocycles. The van der Waals surface area contributed by atoms with Crippen molar-refractivity contribution in [2.24, 2.45) is 0 Å². The van der Waals surface area contributed by atoms with Gasteiger partial charge in [-0.3, -0.25) is 4.90 Å². The number of hydrogen-bond acceptors (Lipinski definition) is 3.